The molecule has 3 rings (SSSR count). The number of nitrogens with zero attached hydrogens (tertiary/aromatic N) is 1. The smallest absolute Gasteiger partial charge is 0.253 e. The molecule has 2 aromatic carbocycles. The van der Waals surface area contributed by atoms with Crippen LogP contribution in [0.1, 0.15) is 27.0 Å². The zero-order chi connectivity index (χ0) is 15.5. The average Bonchev–Trinajstić information content (AvgIpc) is 2.57. The number of nitrogens with one attached hydrogen (secondary N) is 1. The minimum absolute atomic E-state index is 0.0637. The minimum atomic E-state index is 0.0637. The summed E-state index contributed by atoms with van der Waals surface area (Å²) >= 11 is 0. The number of likely N-dealkylation sites (N-methyl/N-ethyl adjacent to an activating group) is 1. The van der Waals surface area contributed by atoms with E-state index in [0.717, 1.165) is 40.9 Å². The van der Waals surface area contributed by atoms with Crippen LogP contribution in [0, 0.1) is 0 Å². The Balaban J connectivity index is 1.71. The number of fused-ring (bicyclic) bond motifs is 1. The highest BCUT2D eigenvalue weighted by molar-refractivity contribution is 5.97. The predicted octanol–water partition coefficient (Wildman–Crippen LogP) is 2.42. The Morgan fingerprint density at radius 2 is 1.86 bits per heavy atom. The summed E-state index contributed by atoms with van der Waals surface area (Å²) in [5.41, 5.74) is 4.92. The van der Waals surface area contributed by atoms with E-state index in [4.69, 9.17) is 5.11 Å². The molecule has 0 spiro atoms. The van der Waals surface area contributed by atoms with Gasteiger partial charge in [0.25, 0.3) is 5.91 Å². The van der Waals surface area contributed by atoms with Gasteiger partial charge in [0.15, 0.2) is 0 Å². The molecule has 1 heterocycles. The Kier molecular flexibility index (Phi) is 4.11. The summed E-state index contributed by atoms with van der Waals surface area (Å²) in [6.45, 7) is 1.54. The minimum Gasteiger partial charge on any atom is -0.392 e. The maximum absolute atomic E-state index is 12.2. The molecule has 2 aromatic rings. The van der Waals surface area contributed by atoms with E-state index in [1.54, 1.807) is 4.90 Å². The number of aliphatic hydroxyl groups excluding tert-OH is 1. The topological polar surface area (TPSA) is 52.6 Å². The lowest BCUT2D eigenvalue weighted by atomic mass is 9.98. The fourth-order valence-electron chi connectivity index (χ4n) is 2.67. The number of aliphatic hydroxyl groups is 1. The molecule has 0 aromatic heterocycles. The van der Waals surface area contributed by atoms with Crippen LogP contribution in [0.3, 0.4) is 0 Å². The van der Waals surface area contributed by atoms with Crippen LogP contribution >= 0.6 is 0 Å². The molecule has 4 nitrogen and oxygen atoms in total. The summed E-state index contributed by atoms with van der Waals surface area (Å²) in [6, 6.07) is 13.8. The Morgan fingerprint density at radius 3 is 2.59 bits per heavy atom. The maximum Gasteiger partial charge on any atom is 0.253 e. The van der Waals surface area contributed by atoms with Crippen molar-refractivity contribution in [2.24, 2.45) is 0 Å². The number of anilines is 1. The third-order valence-corrected chi connectivity index (χ3v) is 4.11. The Morgan fingerprint density at radius 1 is 1.14 bits per heavy atom. The van der Waals surface area contributed by atoms with Gasteiger partial charge in [-0.05, 0) is 35.2 Å². The fraction of sp³-hybridized carbons (Fsp3) is 0.278. The van der Waals surface area contributed by atoms with Gasteiger partial charge in [-0.1, -0.05) is 30.3 Å². The third kappa shape index (κ3) is 2.97. The van der Waals surface area contributed by atoms with Crippen molar-refractivity contribution >= 4 is 11.6 Å². The normalized spacial score (nSPS) is 13.9. The molecular weight excluding hydrogens is 276 g/mol. The molecule has 0 aliphatic carbocycles. The quantitative estimate of drug-likeness (QED) is 0.911. The highest BCUT2D eigenvalue weighted by Gasteiger charge is 2.21. The van der Waals surface area contributed by atoms with E-state index in [2.05, 4.69) is 5.32 Å². The number of carbonyl (C=O) groups is 1. The third-order valence-electron chi connectivity index (χ3n) is 4.11. The van der Waals surface area contributed by atoms with Crippen molar-refractivity contribution in [2.75, 3.05) is 18.9 Å². The highest BCUT2D eigenvalue weighted by atomic mass is 16.3. The van der Waals surface area contributed by atoms with Crippen molar-refractivity contribution in [1.82, 2.24) is 4.90 Å². The molecule has 0 atom stereocenters. The van der Waals surface area contributed by atoms with Gasteiger partial charge in [0.05, 0.1) is 6.61 Å². The van der Waals surface area contributed by atoms with Gasteiger partial charge < -0.3 is 15.3 Å². The van der Waals surface area contributed by atoms with Gasteiger partial charge in [0.1, 0.15) is 0 Å². The van der Waals surface area contributed by atoms with Gasteiger partial charge in [-0.15, -0.1) is 0 Å². The van der Waals surface area contributed by atoms with E-state index in [1.165, 1.54) is 0 Å². The van der Waals surface area contributed by atoms with Crippen molar-refractivity contribution in [1.29, 1.82) is 0 Å². The first kappa shape index (κ1) is 14.6. The first-order valence-corrected chi connectivity index (χ1v) is 7.48. The Hall–Kier alpha value is -2.33. The molecule has 0 saturated carbocycles. The first-order chi connectivity index (χ1) is 10.7. The lowest BCUT2D eigenvalue weighted by Crippen LogP contribution is -2.34. The zero-order valence-corrected chi connectivity index (χ0v) is 12.7. The monoisotopic (exact) mass is 296 g/mol. The van der Waals surface area contributed by atoms with E-state index in [0.29, 0.717) is 6.54 Å². The molecule has 0 fully saturated rings. The molecular formula is C18H20N2O2. The average molecular weight is 296 g/mol. The molecule has 2 N–H and O–H groups in total. The Bertz CT molecular complexity index is 680. The van der Waals surface area contributed by atoms with Gasteiger partial charge in [-0.3, -0.25) is 4.79 Å². The van der Waals surface area contributed by atoms with Gasteiger partial charge in [0, 0.05) is 31.4 Å². The number of hydrogen-bond acceptors (Lipinski definition) is 3. The van der Waals surface area contributed by atoms with Crippen LogP contribution in [0.25, 0.3) is 0 Å². The number of hydrogen-bond donors (Lipinski definition) is 2. The van der Waals surface area contributed by atoms with Crippen LogP contribution < -0.4 is 5.32 Å². The van der Waals surface area contributed by atoms with E-state index >= 15 is 0 Å². The van der Waals surface area contributed by atoms with Crippen molar-refractivity contribution in [3.05, 3.63) is 64.7 Å². The van der Waals surface area contributed by atoms with Crippen LogP contribution in [-0.2, 0) is 19.6 Å². The second kappa shape index (κ2) is 6.20. The predicted molar refractivity (Wildman–Crippen MR) is 86.8 cm³/mol. The molecule has 0 bridgehead atoms. The largest absolute Gasteiger partial charge is 0.392 e. The fourth-order valence-corrected chi connectivity index (χ4v) is 2.67. The highest BCUT2D eigenvalue weighted by Crippen LogP contribution is 2.22. The van der Waals surface area contributed by atoms with Crippen LogP contribution in [0.5, 0.6) is 0 Å². The number of carbonyl (C=O) groups excluding carboxylic acids is 1. The van der Waals surface area contributed by atoms with Gasteiger partial charge in [0.2, 0.25) is 0 Å². The van der Waals surface area contributed by atoms with E-state index in [9.17, 15) is 4.79 Å². The molecule has 0 radical (unpaired) electrons. The first-order valence-electron chi connectivity index (χ1n) is 7.48. The molecule has 4 heteroatoms. The summed E-state index contributed by atoms with van der Waals surface area (Å²) in [6.07, 6.45) is 0.917. The molecule has 22 heavy (non-hydrogen) atoms. The van der Waals surface area contributed by atoms with Crippen LogP contribution in [-0.4, -0.2) is 29.5 Å². The summed E-state index contributed by atoms with van der Waals surface area (Å²) < 4.78 is 0. The van der Waals surface area contributed by atoms with Gasteiger partial charge >= 0.3 is 0 Å². The van der Waals surface area contributed by atoms with Crippen LogP contribution in [0.4, 0.5) is 5.69 Å². The van der Waals surface area contributed by atoms with Crippen molar-refractivity contribution < 1.29 is 9.90 Å². The van der Waals surface area contributed by atoms with E-state index < -0.39 is 0 Å². The second-order valence-corrected chi connectivity index (χ2v) is 5.68. The molecule has 1 amide bonds. The van der Waals surface area contributed by atoms with Crippen LogP contribution in [0.2, 0.25) is 0 Å². The Labute approximate surface area is 130 Å². The lowest BCUT2D eigenvalue weighted by molar-refractivity contribution is 0.0781. The number of benzene rings is 2. The number of amides is 1. The van der Waals surface area contributed by atoms with Crippen molar-refractivity contribution in [3.8, 4) is 0 Å². The molecule has 114 valence electrons. The summed E-state index contributed by atoms with van der Waals surface area (Å²) in [5.74, 6) is 0.0946. The summed E-state index contributed by atoms with van der Waals surface area (Å²) in [5, 5.41) is 12.4. The summed E-state index contributed by atoms with van der Waals surface area (Å²) in [4.78, 5) is 14.0. The molecule has 0 unspecified atom stereocenters. The number of rotatable bonds is 4. The van der Waals surface area contributed by atoms with Crippen LogP contribution in [0.15, 0.2) is 42.5 Å². The zero-order valence-electron chi connectivity index (χ0n) is 12.7. The maximum atomic E-state index is 12.2. The molecule has 0 saturated heterocycles. The van der Waals surface area contributed by atoms with Crippen molar-refractivity contribution in [2.45, 2.75) is 19.6 Å². The SMILES string of the molecule is CN1CCc2ccc(NCc3ccc(CO)cc3)cc2C1=O. The van der Waals surface area contributed by atoms with Gasteiger partial charge in [-0.25, -0.2) is 0 Å². The standard InChI is InChI=1S/C18H20N2O2/c1-20-9-8-15-6-7-16(10-17(15)18(20)22)19-11-13-2-4-14(12-21)5-3-13/h2-7,10,19,21H,8-9,11-12H2,1H3. The van der Waals surface area contributed by atoms with Gasteiger partial charge in [-0.2, -0.15) is 0 Å². The lowest BCUT2D eigenvalue weighted by Gasteiger charge is -2.25. The molecule has 1 aliphatic heterocycles. The van der Waals surface area contributed by atoms with E-state index in [1.807, 2.05) is 49.5 Å². The molecule has 1 aliphatic rings. The van der Waals surface area contributed by atoms with E-state index in [-0.39, 0.29) is 12.5 Å². The second-order valence-electron chi connectivity index (χ2n) is 5.68. The van der Waals surface area contributed by atoms with Crippen molar-refractivity contribution in [3.63, 3.8) is 0 Å². The summed E-state index contributed by atoms with van der Waals surface area (Å²) in [7, 11) is 1.84.